The first-order valence-electron chi connectivity index (χ1n) is 9.16. The lowest BCUT2D eigenvalue weighted by Crippen LogP contribution is -2.66. The fourth-order valence-electron chi connectivity index (χ4n) is 3.49. The van der Waals surface area contributed by atoms with Gasteiger partial charge < -0.3 is 9.16 Å². The van der Waals surface area contributed by atoms with Crippen LogP contribution in [0.4, 0.5) is 0 Å². The molecule has 0 radical (unpaired) electrons. The highest BCUT2D eigenvalue weighted by atomic mass is 28.4. The molecule has 0 heterocycles. The third-order valence-corrected chi connectivity index (χ3v) is 9.75. The molecule has 2 nitrogen and oxygen atoms in total. The average Bonchev–Trinajstić information content (AvgIpc) is 2.65. The van der Waals surface area contributed by atoms with Crippen LogP contribution in [-0.4, -0.2) is 28.1 Å². The summed E-state index contributed by atoms with van der Waals surface area (Å²) in [6.07, 6.45) is 0.681. The van der Waals surface area contributed by atoms with Gasteiger partial charge in [-0.2, -0.15) is 0 Å². The molecule has 138 valence electrons. The molecule has 0 aliphatic heterocycles. The molecule has 0 aliphatic rings. The maximum atomic E-state index is 6.84. The molecule has 0 bridgehead atoms. The van der Waals surface area contributed by atoms with Crippen molar-refractivity contribution >= 4 is 18.7 Å². The SMILES string of the molecule is CC#CC(CCO[Si](c1ccccc1)(c1ccccc1)C(C)(C)C)OC. The van der Waals surface area contributed by atoms with Gasteiger partial charge in [-0.3, -0.25) is 0 Å². The molecule has 2 aromatic rings. The van der Waals surface area contributed by atoms with Crippen LogP contribution in [0, 0.1) is 11.8 Å². The zero-order valence-electron chi connectivity index (χ0n) is 16.6. The third-order valence-electron chi connectivity index (χ3n) is 4.71. The molecule has 26 heavy (non-hydrogen) atoms. The van der Waals surface area contributed by atoms with E-state index in [1.165, 1.54) is 10.4 Å². The van der Waals surface area contributed by atoms with Crippen molar-refractivity contribution in [1.82, 2.24) is 0 Å². The van der Waals surface area contributed by atoms with E-state index in [0.717, 1.165) is 6.42 Å². The van der Waals surface area contributed by atoms with Gasteiger partial charge in [0.05, 0.1) is 0 Å². The lowest BCUT2D eigenvalue weighted by atomic mass is 10.2. The van der Waals surface area contributed by atoms with Crippen LogP contribution in [0.15, 0.2) is 60.7 Å². The van der Waals surface area contributed by atoms with Crippen molar-refractivity contribution < 1.29 is 9.16 Å². The summed E-state index contributed by atoms with van der Waals surface area (Å²) < 4.78 is 12.3. The van der Waals surface area contributed by atoms with Crippen molar-refractivity contribution in [3.8, 4) is 11.8 Å². The van der Waals surface area contributed by atoms with Crippen LogP contribution in [0.3, 0.4) is 0 Å². The maximum absolute atomic E-state index is 6.84. The largest absolute Gasteiger partial charge is 0.407 e. The Balaban J connectivity index is 2.45. The number of rotatable bonds is 7. The second kappa shape index (κ2) is 9.18. The molecule has 1 unspecified atom stereocenters. The fourth-order valence-corrected chi connectivity index (χ4v) is 8.07. The van der Waals surface area contributed by atoms with E-state index in [1.54, 1.807) is 7.11 Å². The van der Waals surface area contributed by atoms with Gasteiger partial charge in [0.2, 0.25) is 0 Å². The quantitative estimate of drug-likeness (QED) is 0.545. The first-order valence-corrected chi connectivity index (χ1v) is 11.1. The van der Waals surface area contributed by atoms with E-state index in [-0.39, 0.29) is 11.1 Å². The Kier molecular flexibility index (Phi) is 7.22. The predicted molar refractivity (Wildman–Crippen MR) is 112 cm³/mol. The Hall–Kier alpha value is -1.86. The van der Waals surface area contributed by atoms with Gasteiger partial charge in [-0.1, -0.05) is 87.4 Å². The van der Waals surface area contributed by atoms with Crippen molar-refractivity contribution in [3.05, 3.63) is 60.7 Å². The highest BCUT2D eigenvalue weighted by Crippen LogP contribution is 2.36. The van der Waals surface area contributed by atoms with Crippen molar-refractivity contribution in [2.24, 2.45) is 0 Å². The van der Waals surface area contributed by atoms with Crippen LogP contribution >= 0.6 is 0 Å². The Morgan fingerprint density at radius 1 is 0.923 bits per heavy atom. The smallest absolute Gasteiger partial charge is 0.261 e. The molecule has 3 heteroatoms. The van der Waals surface area contributed by atoms with Crippen molar-refractivity contribution in [2.45, 2.75) is 45.3 Å². The number of hydrogen-bond acceptors (Lipinski definition) is 2. The zero-order valence-corrected chi connectivity index (χ0v) is 17.6. The Labute approximate surface area is 159 Å². The molecular weight excluding hydrogens is 336 g/mol. The summed E-state index contributed by atoms with van der Waals surface area (Å²) in [4.78, 5) is 0. The molecule has 0 amide bonds. The van der Waals surface area contributed by atoms with E-state index in [0.29, 0.717) is 6.61 Å². The molecule has 0 saturated carbocycles. The summed E-state index contributed by atoms with van der Waals surface area (Å²) in [7, 11) is -0.749. The van der Waals surface area contributed by atoms with Crippen molar-refractivity contribution in [3.63, 3.8) is 0 Å². The first kappa shape index (κ1) is 20.4. The van der Waals surface area contributed by atoms with E-state index in [1.807, 2.05) is 6.92 Å². The van der Waals surface area contributed by atoms with Gasteiger partial charge in [0.1, 0.15) is 6.10 Å². The molecular formula is C23H30O2Si. The third kappa shape index (κ3) is 4.45. The molecule has 0 aliphatic carbocycles. The lowest BCUT2D eigenvalue weighted by Gasteiger charge is -2.43. The summed E-state index contributed by atoms with van der Waals surface area (Å²) in [5.41, 5.74) is 0. The van der Waals surface area contributed by atoms with Crippen LogP contribution in [0.25, 0.3) is 0 Å². The van der Waals surface area contributed by atoms with Crippen molar-refractivity contribution in [1.29, 1.82) is 0 Å². The molecule has 0 fully saturated rings. The second-order valence-electron chi connectivity index (χ2n) is 7.42. The Morgan fingerprint density at radius 2 is 1.42 bits per heavy atom. The van der Waals surface area contributed by atoms with Gasteiger partial charge in [-0.25, -0.2) is 0 Å². The molecule has 0 aromatic heterocycles. The summed E-state index contributed by atoms with van der Waals surface area (Å²) in [5, 5.41) is 2.60. The monoisotopic (exact) mass is 366 g/mol. The van der Waals surface area contributed by atoms with E-state index in [2.05, 4.69) is 93.3 Å². The van der Waals surface area contributed by atoms with Gasteiger partial charge in [-0.15, -0.1) is 5.92 Å². The van der Waals surface area contributed by atoms with Crippen LogP contribution in [0.5, 0.6) is 0 Å². The summed E-state index contributed by atoms with van der Waals surface area (Å²) in [6.45, 7) is 9.34. The zero-order chi connectivity index (χ0) is 19.0. The second-order valence-corrected chi connectivity index (χ2v) is 11.7. The van der Waals surface area contributed by atoms with Gasteiger partial charge in [0, 0.05) is 20.1 Å². The van der Waals surface area contributed by atoms with Crippen LogP contribution < -0.4 is 10.4 Å². The number of methoxy groups -OCH3 is 1. The summed E-state index contributed by atoms with van der Waals surface area (Å²) in [5.74, 6) is 6.04. The summed E-state index contributed by atoms with van der Waals surface area (Å²) >= 11 is 0. The molecule has 2 aromatic carbocycles. The Morgan fingerprint density at radius 3 is 1.81 bits per heavy atom. The standard InChI is InChI=1S/C23H30O2Si/c1-6-13-20(24-5)18-19-25-26(23(2,3)4,21-14-9-7-10-15-21)22-16-11-8-12-17-22/h7-12,14-17,20H,18-19H2,1-5H3. The van der Waals surface area contributed by atoms with Gasteiger partial charge in [0.25, 0.3) is 8.32 Å². The van der Waals surface area contributed by atoms with Gasteiger partial charge in [0.15, 0.2) is 0 Å². The molecule has 0 saturated heterocycles. The van der Waals surface area contributed by atoms with Crippen molar-refractivity contribution in [2.75, 3.05) is 13.7 Å². The minimum Gasteiger partial charge on any atom is -0.407 e. The first-order chi connectivity index (χ1) is 12.5. The van der Waals surface area contributed by atoms with Crippen LogP contribution in [-0.2, 0) is 9.16 Å². The fraction of sp³-hybridized carbons (Fsp3) is 0.391. The minimum absolute atomic E-state index is 0.00525. The van der Waals surface area contributed by atoms with Crippen LogP contribution in [0.2, 0.25) is 5.04 Å². The molecule has 0 N–H and O–H groups in total. The molecule has 2 rings (SSSR count). The molecule has 1 atom stereocenters. The van der Waals surface area contributed by atoms with Gasteiger partial charge >= 0.3 is 0 Å². The number of hydrogen-bond donors (Lipinski definition) is 0. The highest BCUT2D eigenvalue weighted by molar-refractivity contribution is 6.99. The van der Waals surface area contributed by atoms with E-state index in [9.17, 15) is 0 Å². The molecule has 0 spiro atoms. The Bertz CT molecular complexity index is 684. The average molecular weight is 367 g/mol. The lowest BCUT2D eigenvalue weighted by molar-refractivity contribution is 0.121. The van der Waals surface area contributed by atoms with E-state index < -0.39 is 8.32 Å². The predicted octanol–water partition coefficient (Wildman–Crippen LogP) is 3.99. The van der Waals surface area contributed by atoms with E-state index >= 15 is 0 Å². The highest BCUT2D eigenvalue weighted by Gasteiger charge is 2.50. The number of benzene rings is 2. The van der Waals surface area contributed by atoms with E-state index in [4.69, 9.17) is 9.16 Å². The summed E-state index contributed by atoms with van der Waals surface area (Å²) in [6, 6.07) is 21.4. The minimum atomic E-state index is -2.46. The normalized spacial score (nSPS) is 13.0. The number of ether oxygens (including phenoxy) is 1. The topological polar surface area (TPSA) is 18.5 Å². The van der Waals surface area contributed by atoms with Gasteiger partial charge in [-0.05, 0) is 22.3 Å². The van der Waals surface area contributed by atoms with Crippen LogP contribution in [0.1, 0.15) is 34.1 Å². The maximum Gasteiger partial charge on any atom is 0.261 e.